The molecule has 3 nitrogen and oxygen atoms in total. The van der Waals surface area contributed by atoms with Crippen molar-refractivity contribution in [2.45, 2.75) is 19.5 Å². The van der Waals surface area contributed by atoms with Gasteiger partial charge in [0.05, 0.1) is 3.79 Å². The molecule has 0 unspecified atom stereocenters. The van der Waals surface area contributed by atoms with Crippen molar-refractivity contribution in [3.8, 4) is 0 Å². The zero-order valence-electron chi connectivity index (χ0n) is 10.4. The van der Waals surface area contributed by atoms with Crippen molar-refractivity contribution in [1.82, 2.24) is 4.98 Å². The second kappa shape index (κ2) is 5.82. The van der Waals surface area contributed by atoms with Gasteiger partial charge in [-0.15, -0.1) is 11.3 Å². The Balaban J connectivity index is 2.13. The van der Waals surface area contributed by atoms with Crippen LogP contribution in [-0.2, 0) is 6.54 Å². The summed E-state index contributed by atoms with van der Waals surface area (Å²) in [6, 6.07) is 6.18. The van der Waals surface area contributed by atoms with E-state index in [1.807, 2.05) is 32.3 Å². The lowest BCUT2D eigenvalue weighted by Crippen LogP contribution is -2.18. The maximum atomic E-state index is 5.89. The number of nitrogens with two attached hydrogens (primary N) is 1. The van der Waals surface area contributed by atoms with Gasteiger partial charge in [-0.05, 0) is 57.6 Å². The average Bonchev–Trinajstić information content (AvgIpc) is 2.75. The molecule has 0 spiro atoms. The fourth-order valence-electron chi connectivity index (χ4n) is 1.71. The fourth-order valence-corrected chi connectivity index (χ4v) is 2.91. The van der Waals surface area contributed by atoms with Crippen LogP contribution < -0.4 is 10.6 Å². The second-order valence-electron chi connectivity index (χ2n) is 4.35. The molecule has 2 N–H and O–H groups in total. The Kier molecular flexibility index (Phi) is 4.37. The maximum absolute atomic E-state index is 5.89. The first-order valence-electron chi connectivity index (χ1n) is 5.72. The highest BCUT2D eigenvalue weighted by atomic mass is 79.9. The molecule has 2 aromatic heterocycles. The molecule has 0 aliphatic rings. The Labute approximate surface area is 120 Å². The third-order valence-corrected chi connectivity index (χ3v) is 4.28. The molecule has 1 atom stereocenters. The lowest BCUT2D eigenvalue weighted by molar-refractivity contribution is 0.809. The summed E-state index contributed by atoms with van der Waals surface area (Å²) in [6.07, 6.45) is 1.81. The van der Waals surface area contributed by atoms with E-state index in [0.29, 0.717) is 0 Å². The number of aromatic nitrogens is 1. The van der Waals surface area contributed by atoms with Gasteiger partial charge in [-0.2, -0.15) is 0 Å². The van der Waals surface area contributed by atoms with Crippen LogP contribution >= 0.6 is 27.3 Å². The van der Waals surface area contributed by atoms with Crippen LogP contribution in [0.4, 0.5) is 5.82 Å². The van der Waals surface area contributed by atoms with Crippen LogP contribution in [0.15, 0.2) is 33.6 Å². The topological polar surface area (TPSA) is 42.1 Å². The number of thiophene rings is 1. The van der Waals surface area contributed by atoms with Crippen LogP contribution in [0.2, 0.25) is 0 Å². The predicted octanol–water partition coefficient (Wildman–Crippen LogP) is 3.56. The first-order valence-corrected chi connectivity index (χ1v) is 7.39. The van der Waals surface area contributed by atoms with Gasteiger partial charge in [0.1, 0.15) is 5.82 Å². The molecule has 18 heavy (non-hydrogen) atoms. The van der Waals surface area contributed by atoms with E-state index in [9.17, 15) is 0 Å². The van der Waals surface area contributed by atoms with Gasteiger partial charge in [-0.3, -0.25) is 0 Å². The molecule has 0 radical (unpaired) electrons. The average molecular weight is 326 g/mol. The van der Waals surface area contributed by atoms with E-state index in [1.165, 1.54) is 5.56 Å². The van der Waals surface area contributed by atoms with Crippen LogP contribution in [0.1, 0.15) is 24.1 Å². The maximum Gasteiger partial charge on any atom is 0.128 e. The van der Waals surface area contributed by atoms with Crippen LogP contribution in [0.25, 0.3) is 0 Å². The highest BCUT2D eigenvalue weighted by Gasteiger charge is 2.07. The molecule has 0 aliphatic heterocycles. The van der Waals surface area contributed by atoms with E-state index in [0.717, 1.165) is 21.7 Å². The van der Waals surface area contributed by atoms with E-state index in [4.69, 9.17) is 5.73 Å². The largest absolute Gasteiger partial charge is 0.355 e. The van der Waals surface area contributed by atoms with E-state index < -0.39 is 0 Å². The van der Waals surface area contributed by atoms with Gasteiger partial charge >= 0.3 is 0 Å². The van der Waals surface area contributed by atoms with Crippen molar-refractivity contribution in [3.05, 3.63) is 44.7 Å². The summed E-state index contributed by atoms with van der Waals surface area (Å²) in [5.74, 6) is 0.951. The smallest absolute Gasteiger partial charge is 0.128 e. The first-order chi connectivity index (χ1) is 8.56. The van der Waals surface area contributed by atoms with Crippen LogP contribution in [-0.4, -0.2) is 12.0 Å². The summed E-state index contributed by atoms with van der Waals surface area (Å²) in [4.78, 5) is 6.51. The van der Waals surface area contributed by atoms with Crippen LogP contribution in [0, 0.1) is 0 Å². The molecular weight excluding hydrogens is 310 g/mol. The van der Waals surface area contributed by atoms with E-state index in [1.54, 1.807) is 11.3 Å². The fraction of sp³-hybridized carbons (Fsp3) is 0.308. The molecule has 2 heterocycles. The van der Waals surface area contributed by atoms with E-state index in [2.05, 4.69) is 37.3 Å². The van der Waals surface area contributed by atoms with Crippen LogP contribution in [0.3, 0.4) is 0 Å². The predicted molar refractivity (Wildman–Crippen MR) is 81.0 cm³/mol. The Morgan fingerprint density at radius 3 is 2.89 bits per heavy atom. The van der Waals surface area contributed by atoms with Gasteiger partial charge in [-0.1, -0.05) is 0 Å². The van der Waals surface area contributed by atoms with Gasteiger partial charge in [0.15, 0.2) is 0 Å². The Bertz CT molecular complexity index is 524. The second-order valence-corrected chi connectivity index (χ2v) is 6.64. The molecular formula is C13H16BrN3S. The molecule has 96 valence electrons. The summed E-state index contributed by atoms with van der Waals surface area (Å²) < 4.78 is 1.16. The van der Waals surface area contributed by atoms with Crippen molar-refractivity contribution in [3.63, 3.8) is 0 Å². The molecule has 0 saturated carbocycles. The van der Waals surface area contributed by atoms with Crippen molar-refractivity contribution in [1.29, 1.82) is 0 Å². The van der Waals surface area contributed by atoms with Crippen molar-refractivity contribution in [2.24, 2.45) is 5.73 Å². The normalized spacial score (nSPS) is 12.4. The summed E-state index contributed by atoms with van der Waals surface area (Å²) in [7, 11) is 2.04. The van der Waals surface area contributed by atoms with Crippen molar-refractivity contribution >= 4 is 33.1 Å². The minimum atomic E-state index is 0.0374. The third kappa shape index (κ3) is 3.31. The number of hydrogen-bond acceptors (Lipinski definition) is 4. The number of pyridine rings is 1. The number of hydrogen-bond donors (Lipinski definition) is 1. The van der Waals surface area contributed by atoms with Gasteiger partial charge < -0.3 is 10.6 Å². The molecule has 0 aromatic carbocycles. The van der Waals surface area contributed by atoms with E-state index in [-0.39, 0.29) is 6.04 Å². The van der Waals surface area contributed by atoms with Crippen LogP contribution in [0.5, 0.6) is 0 Å². The monoisotopic (exact) mass is 325 g/mol. The lowest BCUT2D eigenvalue weighted by atomic mass is 10.1. The molecule has 0 aliphatic carbocycles. The highest BCUT2D eigenvalue weighted by Crippen LogP contribution is 2.23. The number of anilines is 1. The number of rotatable bonds is 4. The molecule has 2 rings (SSSR count). The standard InChI is InChI=1S/C13H16BrN3S/c1-9(15)11-3-4-16-13(6-11)17(2)7-10-5-12(14)18-8-10/h3-6,8-9H,7,15H2,1-2H3/t9-/m0/s1. The minimum Gasteiger partial charge on any atom is -0.355 e. The summed E-state index contributed by atoms with van der Waals surface area (Å²) >= 11 is 5.18. The molecule has 0 fully saturated rings. The number of halogens is 1. The van der Waals surface area contributed by atoms with Gasteiger partial charge in [0.25, 0.3) is 0 Å². The number of nitrogens with zero attached hydrogens (tertiary/aromatic N) is 2. The zero-order chi connectivity index (χ0) is 13.1. The Morgan fingerprint density at radius 1 is 1.50 bits per heavy atom. The quantitative estimate of drug-likeness (QED) is 0.934. The summed E-state index contributed by atoms with van der Waals surface area (Å²) in [6.45, 7) is 2.83. The minimum absolute atomic E-state index is 0.0374. The van der Waals surface area contributed by atoms with Crippen molar-refractivity contribution in [2.75, 3.05) is 11.9 Å². The molecule has 0 bridgehead atoms. The molecule has 2 aromatic rings. The molecule has 5 heteroatoms. The van der Waals surface area contributed by atoms with Crippen molar-refractivity contribution < 1.29 is 0 Å². The van der Waals surface area contributed by atoms with Gasteiger partial charge in [0, 0.05) is 25.8 Å². The zero-order valence-corrected chi connectivity index (χ0v) is 12.8. The lowest BCUT2D eigenvalue weighted by Gasteiger charge is -2.18. The third-order valence-electron chi connectivity index (χ3n) is 2.73. The SMILES string of the molecule is C[C@H](N)c1ccnc(N(C)Cc2csc(Br)c2)c1. The highest BCUT2D eigenvalue weighted by molar-refractivity contribution is 9.11. The van der Waals surface area contributed by atoms with Gasteiger partial charge in [-0.25, -0.2) is 4.98 Å². The Hall–Kier alpha value is -0.910. The summed E-state index contributed by atoms with van der Waals surface area (Å²) in [5.41, 5.74) is 8.28. The molecule has 0 amide bonds. The first kappa shape index (κ1) is 13.5. The van der Waals surface area contributed by atoms with E-state index >= 15 is 0 Å². The summed E-state index contributed by atoms with van der Waals surface area (Å²) in [5, 5.41) is 2.15. The molecule has 0 saturated heterocycles. The van der Waals surface area contributed by atoms with Gasteiger partial charge in [0.2, 0.25) is 0 Å². The Morgan fingerprint density at radius 2 is 2.28 bits per heavy atom.